The first kappa shape index (κ1) is 17.8. The van der Waals surface area contributed by atoms with Crippen LogP contribution in [-0.4, -0.2) is 21.1 Å². The van der Waals surface area contributed by atoms with E-state index in [9.17, 15) is 9.59 Å². The van der Waals surface area contributed by atoms with Gasteiger partial charge in [-0.2, -0.15) is 5.10 Å². The van der Waals surface area contributed by atoms with Gasteiger partial charge >= 0.3 is 0 Å². The number of benzene rings is 2. The van der Waals surface area contributed by atoms with E-state index in [0.717, 1.165) is 27.4 Å². The largest absolute Gasteiger partial charge is 0.347 e. The molecule has 7 heteroatoms. The Kier molecular flexibility index (Phi) is 5.07. The Bertz CT molecular complexity index is 1130. The second kappa shape index (κ2) is 7.98. The molecule has 0 atom stereocenters. The van der Waals surface area contributed by atoms with Gasteiger partial charge in [0, 0.05) is 29.1 Å². The SMILES string of the molecule is O=C(NCc1ccc(-c2nc(-c3ccccc3)cs2)cc1)c1ccc(=O)[nH]n1. The van der Waals surface area contributed by atoms with Crippen molar-refractivity contribution in [3.05, 3.63) is 93.7 Å². The molecule has 2 N–H and O–H groups in total. The minimum absolute atomic E-state index is 0.174. The molecular formula is C21H16N4O2S. The van der Waals surface area contributed by atoms with Crippen molar-refractivity contribution in [3.63, 3.8) is 0 Å². The molecule has 0 aliphatic rings. The van der Waals surface area contributed by atoms with Gasteiger partial charge in [-0.15, -0.1) is 11.3 Å². The summed E-state index contributed by atoms with van der Waals surface area (Å²) in [5.74, 6) is -0.340. The highest BCUT2D eigenvalue weighted by atomic mass is 32.1. The van der Waals surface area contributed by atoms with Crippen LogP contribution in [0.5, 0.6) is 0 Å². The molecule has 0 aliphatic heterocycles. The number of nitrogens with zero attached hydrogens (tertiary/aromatic N) is 2. The number of aromatic nitrogens is 3. The summed E-state index contributed by atoms with van der Waals surface area (Å²) in [4.78, 5) is 27.8. The zero-order valence-corrected chi connectivity index (χ0v) is 15.6. The van der Waals surface area contributed by atoms with Crippen LogP contribution in [0.1, 0.15) is 16.1 Å². The zero-order chi connectivity index (χ0) is 19.3. The van der Waals surface area contributed by atoms with Crippen LogP contribution in [0.15, 0.2) is 76.9 Å². The summed E-state index contributed by atoms with van der Waals surface area (Å²) >= 11 is 1.60. The van der Waals surface area contributed by atoms with Crippen LogP contribution in [0.3, 0.4) is 0 Å². The number of amides is 1. The van der Waals surface area contributed by atoms with Crippen LogP contribution in [0.25, 0.3) is 21.8 Å². The van der Waals surface area contributed by atoms with Crippen molar-refractivity contribution in [2.75, 3.05) is 0 Å². The summed E-state index contributed by atoms with van der Waals surface area (Å²) in [6, 6.07) is 20.6. The molecule has 0 spiro atoms. The first-order valence-electron chi connectivity index (χ1n) is 8.63. The Morgan fingerprint density at radius 2 is 1.75 bits per heavy atom. The number of hydrogen-bond donors (Lipinski definition) is 2. The van der Waals surface area contributed by atoms with E-state index in [1.165, 1.54) is 12.1 Å². The van der Waals surface area contributed by atoms with Crippen molar-refractivity contribution in [2.24, 2.45) is 0 Å². The Hall–Kier alpha value is -3.58. The van der Waals surface area contributed by atoms with Gasteiger partial charge in [-0.1, -0.05) is 54.6 Å². The number of hydrogen-bond acceptors (Lipinski definition) is 5. The fourth-order valence-electron chi connectivity index (χ4n) is 2.66. The summed E-state index contributed by atoms with van der Waals surface area (Å²) in [6.45, 7) is 0.368. The van der Waals surface area contributed by atoms with Crippen molar-refractivity contribution < 1.29 is 4.79 Å². The highest BCUT2D eigenvalue weighted by molar-refractivity contribution is 7.13. The topological polar surface area (TPSA) is 87.7 Å². The minimum atomic E-state index is -0.343. The van der Waals surface area contributed by atoms with Crippen molar-refractivity contribution >= 4 is 17.2 Å². The summed E-state index contributed by atoms with van der Waals surface area (Å²) in [5, 5.41) is 11.7. The van der Waals surface area contributed by atoms with Crippen molar-refractivity contribution in [3.8, 4) is 21.8 Å². The van der Waals surface area contributed by atoms with Gasteiger partial charge in [0.2, 0.25) is 0 Å². The van der Waals surface area contributed by atoms with Crippen LogP contribution < -0.4 is 10.9 Å². The maximum atomic E-state index is 12.1. The van der Waals surface area contributed by atoms with Crippen LogP contribution in [0, 0.1) is 0 Å². The van der Waals surface area contributed by atoms with Gasteiger partial charge in [0.1, 0.15) is 10.7 Å². The van der Waals surface area contributed by atoms with Gasteiger partial charge in [-0.25, -0.2) is 10.1 Å². The Morgan fingerprint density at radius 3 is 2.46 bits per heavy atom. The second-order valence-corrected chi connectivity index (χ2v) is 6.95. The minimum Gasteiger partial charge on any atom is -0.347 e. The third-order valence-electron chi connectivity index (χ3n) is 4.14. The summed E-state index contributed by atoms with van der Waals surface area (Å²) < 4.78 is 0. The van der Waals surface area contributed by atoms with Crippen LogP contribution in [0.2, 0.25) is 0 Å². The molecule has 0 aliphatic carbocycles. The van der Waals surface area contributed by atoms with Crippen molar-refractivity contribution in [2.45, 2.75) is 6.54 Å². The molecule has 2 aromatic heterocycles. The van der Waals surface area contributed by atoms with E-state index in [0.29, 0.717) is 6.54 Å². The molecular weight excluding hydrogens is 372 g/mol. The van der Waals surface area contributed by atoms with E-state index < -0.39 is 0 Å². The molecule has 0 fully saturated rings. The van der Waals surface area contributed by atoms with Crippen LogP contribution >= 0.6 is 11.3 Å². The Balaban J connectivity index is 1.41. The standard InChI is InChI=1S/C21H16N4O2S/c26-19-11-10-17(24-25-19)20(27)22-12-14-6-8-16(9-7-14)21-23-18(13-28-21)15-4-2-1-3-5-15/h1-11,13H,12H2,(H,22,27)(H,25,26). The van der Waals surface area contributed by atoms with Gasteiger partial charge in [0.15, 0.2) is 0 Å². The van der Waals surface area contributed by atoms with E-state index >= 15 is 0 Å². The molecule has 1 amide bonds. The molecule has 28 heavy (non-hydrogen) atoms. The number of aromatic amines is 1. The number of rotatable bonds is 5. The van der Waals surface area contributed by atoms with Gasteiger partial charge in [0.25, 0.3) is 11.5 Å². The predicted molar refractivity (Wildman–Crippen MR) is 109 cm³/mol. The lowest BCUT2D eigenvalue weighted by molar-refractivity contribution is 0.0945. The normalized spacial score (nSPS) is 10.6. The summed E-state index contributed by atoms with van der Waals surface area (Å²) in [5.41, 5.74) is 3.88. The molecule has 4 rings (SSSR count). The average Bonchev–Trinajstić information content (AvgIpc) is 3.24. The van der Waals surface area contributed by atoms with E-state index in [-0.39, 0.29) is 17.2 Å². The molecule has 0 unspecified atom stereocenters. The molecule has 2 aromatic carbocycles. The molecule has 0 bridgehead atoms. The molecule has 2 heterocycles. The van der Waals surface area contributed by atoms with Gasteiger partial charge in [0.05, 0.1) is 5.69 Å². The van der Waals surface area contributed by atoms with Gasteiger partial charge in [-0.3, -0.25) is 9.59 Å². The van der Waals surface area contributed by atoms with Gasteiger partial charge in [-0.05, 0) is 11.6 Å². The quantitative estimate of drug-likeness (QED) is 0.548. The molecule has 0 radical (unpaired) electrons. The van der Waals surface area contributed by atoms with E-state index in [1.807, 2.05) is 54.6 Å². The van der Waals surface area contributed by atoms with E-state index in [1.54, 1.807) is 11.3 Å². The fraction of sp³-hybridized carbons (Fsp3) is 0.0476. The van der Waals surface area contributed by atoms with Crippen molar-refractivity contribution in [1.29, 1.82) is 0 Å². The second-order valence-electron chi connectivity index (χ2n) is 6.09. The predicted octanol–water partition coefficient (Wildman–Crippen LogP) is 3.49. The van der Waals surface area contributed by atoms with Crippen LogP contribution in [0.4, 0.5) is 0 Å². The lowest BCUT2D eigenvalue weighted by Gasteiger charge is -2.05. The Morgan fingerprint density at radius 1 is 0.964 bits per heavy atom. The van der Waals surface area contributed by atoms with Crippen molar-refractivity contribution in [1.82, 2.24) is 20.5 Å². The maximum absolute atomic E-state index is 12.1. The number of H-pyrrole nitrogens is 1. The average molecular weight is 388 g/mol. The number of thiazole rings is 1. The lowest BCUT2D eigenvalue weighted by atomic mass is 10.1. The first-order chi connectivity index (χ1) is 13.7. The molecule has 138 valence electrons. The fourth-order valence-corrected chi connectivity index (χ4v) is 3.49. The summed E-state index contributed by atoms with van der Waals surface area (Å²) in [6.07, 6.45) is 0. The third-order valence-corrected chi connectivity index (χ3v) is 5.03. The Labute approximate surface area is 164 Å². The first-order valence-corrected chi connectivity index (χ1v) is 9.51. The maximum Gasteiger partial charge on any atom is 0.271 e. The summed E-state index contributed by atoms with van der Waals surface area (Å²) in [7, 11) is 0. The van der Waals surface area contributed by atoms with E-state index in [2.05, 4.69) is 20.9 Å². The number of carbonyl (C=O) groups is 1. The van der Waals surface area contributed by atoms with E-state index in [4.69, 9.17) is 4.98 Å². The smallest absolute Gasteiger partial charge is 0.271 e. The molecule has 4 aromatic rings. The van der Waals surface area contributed by atoms with Gasteiger partial charge < -0.3 is 5.32 Å². The monoisotopic (exact) mass is 388 g/mol. The molecule has 0 saturated carbocycles. The molecule has 0 saturated heterocycles. The third kappa shape index (κ3) is 4.05. The number of carbonyl (C=O) groups excluding carboxylic acids is 1. The van der Waals surface area contributed by atoms with Crippen LogP contribution in [-0.2, 0) is 6.54 Å². The zero-order valence-electron chi connectivity index (χ0n) is 14.8. The molecule has 6 nitrogen and oxygen atoms in total. The highest BCUT2D eigenvalue weighted by Crippen LogP contribution is 2.28. The lowest BCUT2D eigenvalue weighted by Crippen LogP contribution is -2.25. The number of nitrogens with one attached hydrogen (secondary N) is 2. The highest BCUT2D eigenvalue weighted by Gasteiger charge is 2.09.